The van der Waals surface area contributed by atoms with Gasteiger partial charge in [-0.3, -0.25) is 9.47 Å². The first kappa shape index (κ1) is 24.6. The summed E-state index contributed by atoms with van der Waals surface area (Å²) in [6, 6.07) is 11.0. The van der Waals surface area contributed by atoms with Crippen LogP contribution in [0.4, 0.5) is 16.0 Å². The fraction of sp³-hybridized carbons (Fsp3) is 0.433. The van der Waals surface area contributed by atoms with Crippen LogP contribution in [-0.4, -0.2) is 55.2 Å². The number of piperidine rings is 1. The molecule has 0 unspecified atom stereocenters. The van der Waals surface area contributed by atoms with Crippen molar-refractivity contribution in [3.8, 4) is 5.82 Å². The highest BCUT2D eigenvalue weighted by atomic mass is 19.1. The Hall–Kier alpha value is -3.40. The number of hydrogen-bond acceptors (Lipinski definition) is 7. The zero-order valence-corrected chi connectivity index (χ0v) is 22.3. The molecule has 0 bridgehead atoms. The first-order valence-corrected chi connectivity index (χ1v) is 14.1. The maximum atomic E-state index is 14.9. The highest BCUT2D eigenvalue weighted by molar-refractivity contribution is 5.79. The lowest BCUT2D eigenvalue weighted by Gasteiger charge is -2.38. The minimum atomic E-state index is -0.939. The molecule has 0 saturated carbocycles. The van der Waals surface area contributed by atoms with Gasteiger partial charge in [0.15, 0.2) is 11.5 Å². The minimum absolute atomic E-state index is 0.331. The minimum Gasteiger partial charge on any atom is -0.384 e. The molecule has 8 nitrogen and oxygen atoms in total. The third-order valence-electron chi connectivity index (χ3n) is 8.87. The molecule has 0 radical (unpaired) electrons. The summed E-state index contributed by atoms with van der Waals surface area (Å²) in [5, 5.41) is 18.2. The number of aryl methyl sites for hydroxylation is 1. The monoisotopic (exact) mass is 527 g/mol. The van der Waals surface area contributed by atoms with Crippen LogP contribution in [0.1, 0.15) is 55.0 Å². The summed E-state index contributed by atoms with van der Waals surface area (Å²) >= 11 is 0. The molecule has 7 rings (SSSR count). The largest absolute Gasteiger partial charge is 0.384 e. The van der Waals surface area contributed by atoms with Crippen molar-refractivity contribution in [1.82, 2.24) is 29.7 Å². The molecule has 4 aromatic rings. The molecule has 1 aromatic carbocycles. The number of hydrogen-bond donors (Lipinski definition) is 3. The summed E-state index contributed by atoms with van der Waals surface area (Å²) < 4.78 is 16.5. The zero-order chi connectivity index (χ0) is 26.6. The van der Waals surface area contributed by atoms with Crippen LogP contribution < -0.4 is 10.6 Å². The second-order valence-electron chi connectivity index (χ2n) is 11.2. The Morgan fingerprint density at radius 2 is 1.95 bits per heavy atom. The predicted molar refractivity (Wildman–Crippen MR) is 149 cm³/mol. The number of aromatic nitrogens is 4. The summed E-state index contributed by atoms with van der Waals surface area (Å²) in [4.78, 5) is 16.5. The Bertz CT molecular complexity index is 1550. The molecule has 3 aliphatic rings. The van der Waals surface area contributed by atoms with E-state index >= 15 is 0 Å². The van der Waals surface area contributed by atoms with Gasteiger partial charge >= 0.3 is 0 Å². The third kappa shape index (κ3) is 4.38. The van der Waals surface area contributed by atoms with Gasteiger partial charge in [-0.25, -0.2) is 14.4 Å². The number of fused-ring (bicyclic) bond motifs is 3. The van der Waals surface area contributed by atoms with E-state index in [1.807, 2.05) is 19.1 Å². The molecular formula is C30H34FN7O. The maximum Gasteiger partial charge on any atom is 0.229 e. The number of benzene rings is 1. The van der Waals surface area contributed by atoms with Gasteiger partial charge in [-0.2, -0.15) is 4.98 Å². The van der Waals surface area contributed by atoms with Crippen molar-refractivity contribution >= 4 is 22.7 Å². The molecule has 5 heterocycles. The quantitative estimate of drug-likeness (QED) is 0.355. The van der Waals surface area contributed by atoms with Crippen molar-refractivity contribution in [3.05, 3.63) is 70.9 Å². The summed E-state index contributed by atoms with van der Waals surface area (Å²) in [6.45, 7) is 6.26. The molecule has 3 N–H and O–H groups in total. The summed E-state index contributed by atoms with van der Waals surface area (Å²) in [5.74, 6) is 0.532. The van der Waals surface area contributed by atoms with Crippen LogP contribution in [0.3, 0.4) is 0 Å². The second-order valence-corrected chi connectivity index (χ2v) is 11.2. The van der Waals surface area contributed by atoms with Crippen molar-refractivity contribution in [2.24, 2.45) is 0 Å². The van der Waals surface area contributed by atoms with E-state index in [1.165, 1.54) is 36.4 Å². The van der Waals surface area contributed by atoms with E-state index in [2.05, 4.69) is 43.7 Å². The first-order valence-electron chi connectivity index (χ1n) is 14.1. The third-order valence-corrected chi connectivity index (χ3v) is 8.87. The van der Waals surface area contributed by atoms with Gasteiger partial charge in [-0.05, 0) is 86.5 Å². The van der Waals surface area contributed by atoms with Gasteiger partial charge in [-0.15, -0.1) is 0 Å². The van der Waals surface area contributed by atoms with E-state index in [4.69, 9.17) is 4.98 Å². The number of nitrogens with one attached hydrogen (secondary N) is 2. The topological polar surface area (TPSA) is 91.1 Å². The van der Waals surface area contributed by atoms with Gasteiger partial charge in [0.2, 0.25) is 5.95 Å². The SMILES string of the molecule is CC[C@@]1(O)CCc2ccc(-n3cc(F)c4cnc(Nc5ccc6c(c5)CCN(C5CCNCC5)C6)nc43)nc21. The van der Waals surface area contributed by atoms with Crippen LogP contribution in [-0.2, 0) is 25.0 Å². The summed E-state index contributed by atoms with van der Waals surface area (Å²) in [6.07, 6.45) is 8.41. The predicted octanol–water partition coefficient (Wildman–Crippen LogP) is 4.35. The van der Waals surface area contributed by atoms with Crippen LogP contribution in [0.15, 0.2) is 42.7 Å². The normalized spacial score (nSPS) is 21.7. The standard InChI is InChI=1S/C30H34FN7O/c1-2-30(39)11-7-19-4-6-26(35-27(19)30)38-18-25(31)24-16-33-29(36-28(24)38)34-22-5-3-21-17-37(14-10-20(21)15-22)23-8-12-32-13-9-23/h3-6,15-16,18,23,32,39H,2,7-14,17H2,1H3,(H,33,34,36)/t30-/m1/s1. The number of nitrogens with zero attached hydrogens (tertiary/aromatic N) is 5. The number of aliphatic hydroxyl groups is 1. The number of anilines is 2. The number of rotatable bonds is 5. The van der Waals surface area contributed by atoms with Gasteiger partial charge in [0, 0.05) is 37.2 Å². The van der Waals surface area contributed by atoms with E-state index in [0.29, 0.717) is 47.4 Å². The van der Waals surface area contributed by atoms with Gasteiger partial charge in [0.1, 0.15) is 11.4 Å². The Morgan fingerprint density at radius 1 is 1.10 bits per heavy atom. The van der Waals surface area contributed by atoms with Crippen LogP contribution in [0, 0.1) is 5.82 Å². The Labute approximate surface area is 227 Å². The fourth-order valence-electron chi connectivity index (χ4n) is 6.49. The van der Waals surface area contributed by atoms with Gasteiger partial charge in [0.05, 0.1) is 11.1 Å². The van der Waals surface area contributed by atoms with Crippen molar-refractivity contribution in [3.63, 3.8) is 0 Å². The molecule has 0 spiro atoms. The van der Waals surface area contributed by atoms with Gasteiger partial charge < -0.3 is 15.7 Å². The molecule has 1 fully saturated rings. The number of pyridine rings is 1. The molecule has 3 aromatic heterocycles. The first-order chi connectivity index (χ1) is 19.0. The van der Waals surface area contributed by atoms with Crippen LogP contribution in [0.25, 0.3) is 16.9 Å². The highest BCUT2D eigenvalue weighted by Gasteiger charge is 2.37. The molecular weight excluding hydrogens is 493 g/mol. The summed E-state index contributed by atoms with van der Waals surface area (Å²) in [7, 11) is 0. The molecule has 0 amide bonds. The Balaban J connectivity index is 1.15. The van der Waals surface area contributed by atoms with Crippen molar-refractivity contribution < 1.29 is 9.50 Å². The smallest absolute Gasteiger partial charge is 0.229 e. The number of halogens is 1. The molecule has 1 atom stereocenters. The second kappa shape index (κ2) is 9.66. The molecule has 202 valence electrons. The summed E-state index contributed by atoms with van der Waals surface area (Å²) in [5.41, 5.74) is 4.88. The molecule has 1 aliphatic carbocycles. The average molecular weight is 528 g/mol. The average Bonchev–Trinajstić information content (AvgIpc) is 3.49. The molecule has 39 heavy (non-hydrogen) atoms. The Kier molecular flexibility index (Phi) is 6.10. The Morgan fingerprint density at radius 3 is 2.79 bits per heavy atom. The molecule has 2 aliphatic heterocycles. The van der Waals surface area contributed by atoms with E-state index in [1.54, 1.807) is 4.57 Å². The van der Waals surface area contributed by atoms with Gasteiger partial charge in [0.25, 0.3) is 0 Å². The van der Waals surface area contributed by atoms with E-state index < -0.39 is 11.4 Å². The lowest BCUT2D eigenvalue weighted by Crippen LogP contribution is -2.45. The van der Waals surface area contributed by atoms with E-state index in [0.717, 1.165) is 50.3 Å². The highest BCUT2D eigenvalue weighted by Crippen LogP contribution is 2.38. The van der Waals surface area contributed by atoms with E-state index in [-0.39, 0.29) is 0 Å². The van der Waals surface area contributed by atoms with Crippen molar-refractivity contribution in [2.45, 2.75) is 63.6 Å². The molecule has 1 saturated heterocycles. The van der Waals surface area contributed by atoms with Crippen LogP contribution in [0.2, 0.25) is 0 Å². The molecule has 9 heteroatoms. The fourth-order valence-corrected chi connectivity index (χ4v) is 6.49. The lowest BCUT2D eigenvalue weighted by molar-refractivity contribution is 0.0306. The van der Waals surface area contributed by atoms with E-state index in [9.17, 15) is 9.50 Å². The lowest BCUT2D eigenvalue weighted by atomic mass is 9.95. The van der Waals surface area contributed by atoms with Crippen molar-refractivity contribution in [2.75, 3.05) is 25.0 Å². The van der Waals surface area contributed by atoms with Crippen LogP contribution >= 0.6 is 0 Å². The van der Waals surface area contributed by atoms with Gasteiger partial charge in [-0.1, -0.05) is 19.1 Å². The maximum absolute atomic E-state index is 14.9. The zero-order valence-electron chi connectivity index (χ0n) is 22.3. The van der Waals surface area contributed by atoms with Crippen molar-refractivity contribution in [1.29, 1.82) is 0 Å². The van der Waals surface area contributed by atoms with Crippen LogP contribution in [0.5, 0.6) is 0 Å².